The van der Waals surface area contributed by atoms with E-state index in [9.17, 15) is 22.8 Å². The van der Waals surface area contributed by atoms with Crippen molar-refractivity contribution in [3.05, 3.63) is 29.3 Å². The summed E-state index contributed by atoms with van der Waals surface area (Å²) in [5.41, 5.74) is 2.01. The summed E-state index contributed by atoms with van der Waals surface area (Å²) in [7, 11) is -3.03. The number of hydrogen-bond acceptors (Lipinski definition) is 6. The van der Waals surface area contributed by atoms with E-state index >= 15 is 0 Å². The Morgan fingerprint density at radius 1 is 1.24 bits per heavy atom. The van der Waals surface area contributed by atoms with Gasteiger partial charge in [0.1, 0.15) is 0 Å². The molecule has 1 N–H and O–H groups in total. The van der Waals surface area contributed by atoms with E-state index in [1.54, 1.807) is 18.2 Å². The van der Waals surface area contributed by atoms with Crippen molar-refractivity contribution in [2.75, 3.05) is 23.4 Å². The number of ketones is 1. The molecular formula is C17H19NO6S. The molecule has 1 fully saturated rings. The number of nitrogens with one attached hydrogen (secondary N) is 1. The van der Waals surface area contributed by atoms with E-state index in [0.29, 0.717) is 30.5 Å². The molecule has 2 aliphatic rings. The summed E-state index contributed by atoms with van der Waals surface area (Å²) in [6.07, 6.45) is 1.42. The number of sulfone groups is 1. The van der Waals surface area contributed by atoms with E-state index < -0.39 is 15.8 Å². The van der Waals surface area contributed by atoms with Crippen molar-refractivity contribution in [1.82, 2.24) is 0 Å². The lowest BCUT2D eigenvalue weighted by Crippen LogP contribution is -2.20. The maximum absolute atomic E-state index is 12.2. The summed E-state index contributed by atoms with van der Waals surface area (Å²) < 4.78 is 27.8. The van der Waals surface area contributed by atoms with Gasteiger partial charge < -0.3 is 10.1 Å². The van der Waals surface area contributed by atoms with Crippen LogP contribution in [0.2, 0.25) is 0 Å². The second-order valence-electron chi connectivity index (χ2n) is 6.48. The van der Waals surface area contributed by atoms with Crippen molar-refractivity contribution >= 4 is 33.2 Å². The van der Waals surface area contributed by atoms with Gasteiger partial charge in [0.15, 0.2) is 22.2 Å². The molecule has 2 aliphatic heterocycles. The molecule has 0 spiro atoms. The van der Waals surface area contributed by atoms with E-state index in [4.69, 9.17) is 4.74 Å². The normalized spacial score (nSPS) is 21.3. The Kier molecular flexibility index (Phi) is 4.89. The van der Waals surface area contributed by atoms with Gasteiger partial charge in [-0.15, -0.1) is 0 Å². The number of ether oxygens (including phenoxy) is 1. The minimum absolute atomic E-state index is 0.00654. The smallest absolute Gasteiger partial charge is 0.306 e. The van der Waals surface area contributed by atoms with Gasteiger partial charge in [-0.05, 0) is 42.5 Å². The van der Waals surface area contributed by atoms with Crippen LogP contribution in [-0.2, 0) is 30.6 Å². The Morgan fingerprint density at radius 3 is 2.76 bits per heavy atom. The first-order valence-corrected chi connectivity index (χ1v) is 9.96. The molecule has 2 heterocycles. The molecule has 3 rings (SSSR count). The van der Waals surface area contributed by atoms with Crippen molar-refractivity contribution in [3.8, 4) is 0 Å². The maximum Gasteiger partial charge on any atom is 0.306 e. The fourth-order valence-corrected chi connectivity index (χ4v) is 4.98. The zero-order valence-corrected chi connectivity index (χ0v) is 14.4. The number of hydrogen-bond donors (Lipinski definition) is 1. The Labute approximate surface area is 145 Å². The molecule has 1 amide bonds. The van der Waals surface area contributed by atoms with Crippen LogP contribution >= 0.6 is 0 Å². The molecular weight excluding hydrogens is 346 g/mol. The molecule has 1 aromatic rings. The lowest BCUT2D eigenvalue weighted by Gasteiger charge is -2.17. The fourth-order valence-electron chi connectivity index (χ4n) is 3.11. The molecule has 1 atom stereocenters. The van der Waals surface area contributed by atoms with Gasteiger partial charge >= 0.3 is 5.97 Å². The number of anilines is 1. The van der Waals surface area contributed by atoms with Crippen LogP contribution < -0.4 is 5.32 Å². The van der Waals surface area contributed by atoms with Crippen molar-refractivity contribution in [2.45, 2.75) is 25.7 Å². The molecule has 1 saturated heterocycles. The highest BCUT2D eigenvalue weighted by Crippen LogP contribution is 2.24. The molecule has 7 nitrogen and oxygen atoms in total. The van der Waals surface area contributed by atoms with E-state index in [1.165, 1.54) is 0 Å². The summed E-state index contributed by atoms with van der Waals surface area (Å²) >= 11 is 0. The van der Waals surface area contributed by atoms with Gasteiger partial charge in [0.05, 0.1) is 11.5 Å². The van der Waals surface area contributed by atoms with Crippen LogP contribution in [0.1, 0.15) is 35.2 Å². The first-order chi connectivity index (χ1) is 11.8. The molecule has 0 radical (unpaired) electrons. The summed E-state index contributed by atoms with van der Waals surface area (Å²) in [6.45, 7) is -0.372. The standard InChI is InChI=1S/C17H19NO6S/c19-15(9-24-17(21)7-11-5-6-25(22,23)10-11)13-1-3-14-12(8-13)2-4-16(20)18-14/h1,3,8,11H,2,4-7,9-10H2,(H,18,20)/t11-/m1/s1. The molecule has 1 aromatic carbocycles. The van der Waals surface area contributed by atoms with Crippen LogP contribution in [-0.4, -0.2) is 44.2 Å². The highest BCUT2D eigenvalue weighted by Gasteiger charge is 2.30. The molecule has 8 heteroatoms. The van der Waals surface area contributed by atoms with Gasteiger partial charge in [-0.1, -0.05) is 0 Å². The average molecular weight is 365 g/mol. The third-order valence-corrected chi connectivity index (χ3v) is 6.31. The van der Waals surface area contributed by atoms with E-state index in [-0.39, 0.29) is 42.1 Å². The Balaban J connectivity index is 1.52. The quantitative estimate of drug-likeness (QED) is 0.619. The molecule has 0 aliphatic carbocycles. The first kappa shape index (κ1) is 17.6. The molecule has 0 bridgehead atoms. The van der Waals surface area contributed by atoms with E-state index in [0.717, 1.165) is 5.56 Å². The topological polar surface area (TPSA) is 107 Å². The van der Waals surface area contributed by atoms with Gasteiger partial charge in [-0.25, -0.2) is 8.42 Å². The average Bonchev–Trinajstić information content (AvgIpc) is 2.90. The van der Waals surface area contributed by atoms with Crippen molar-refractivity contribution < 1.29 is 27.5 Å². The SMILES string of the molecule is O=C1CCc2cc(C(=O)COC(=O)C[C@H]3CCS(=O)(=O)C3)ccc2N1. The molecule has 0 unspecified atom stereocenters. The van der Waals surface area contributed by atoms with Gasteiger partial charge in [0.2, 0.25) is 5.91 Å². The minimum atomic E-state index is -3.03. The van der Waals surface area contributed by atoms with Crippen molar-refractivity contribution in [1.29, 1.82) is 0 Å². The lowest BCUT2D eigenvalue weighted by molar-refractivity contribution is -0.143. The van der Waals surface area contributed by atoms with Gasteiger partial charge in [-0.3, -0.25) is 14.4 Å². The summed E-state index contributed by atoms with van der Waals surface area (Å²) in [5, 5.41) is 2.74. The molecule has 134 valence electrons. The van der Waals surface area contributed by atoms with Gasteiger partial charge in [-0.2, -0.15) is 0 Å². The number of amides is 1. The van der Waals surface area contributed by atoms with Crippen LogP contribution in [0.3, 0.4) is 0 Å². The third-order valence-electron chi connectivity index (χ3n) is 4.47. The highest BCUT2D eigenvalue weighted by molar-refractivity contribution is 7.91. The monoisotopic (exact) mass is 365 g/mol. The van der Waals surface area contributed by atoms with Crippen LogP contribution in [0, 0.1) is 5.92 Å². The van der Waals surface area contributed by atoms with Gasteiger partial charge in [0, 0.05) is 24.1 Å². The van der Waals surface area contributed by atoms with E-state index in [1.807, 2.05) is 0 Å². The predicted molar refractivity (Wildman–Crippen MR) is 90.1 cm³/mol. The number of carbonyl (C=O) groups excluding carboxylic acids is 3. The van der Waals surface area contributed by atoms with E-state index in [2.05, 4.69) is 5.32 Å². The summed E-state index contributed by atoms with van der Waals surface area (Å²) in [6, 6.07) is 4.96. The summed E-state index contributed by atoms with van der Waals surface area (Å²) in [5.74, 6) is -1.04. The molecule has 0 aromatic heterocycles. The fraction of sp³-hybridized carbons (Fsp3) is 0.471. The number of carbonyl (C=O) groups is 3. The Hall–Kier alpha value is -2.22. The Morgan fingerprint density at radius 2 is 2.04 bits per heavy atom. The van der Waals surface area contributed by atoms with Crippen LogP contribution in [0.25, 0.3) is 0 Å². The predicted octanol–water partition coefficient (Wildman–Crippen LogP) is 1.12. The highest BCUT2D eigenvalue weighted by atomic mass is 32.2. The van der Waals surface area contributed by atoms with Crippen LogP contribution in [0.5, 0.6) is 0 Å². The molecule has 0 saturated carbocycles. The zero-order valence-electron chi connectivity index (χ0n) is 13.6. The van der Waals surface area contributed by atoms with Crippen molar-refractivity contribution in [3.63, 3.8) is 0 Å². The number of Topliss-reactive ketones (excluding diaryl/α,β-unsaturated/α-hetero) is 1. The molecule has 25 heavy (non-hydrogen) atoms. The van der Waals surface area contributed by atoms with Gasteiger partial charge in [0.25, 0.3) is 0 Å². The number of fused-ring (bicyclic) bond motifs is 1. The van der Waals surface area contributed by atoms with Crippen molar-refractivity contribution in [2.24, 2.45) is 5.92 Å². The first-order valence-electron chi connectivity index (χ1n) is 8.14. The van der Waals surface area contributed by atoms with Crippen LogP contribution in [0.4, 0.5) is 5.69 Å². The Bertz CT molecular complexity index is 830. The van der Waals surface area contributed by atoms with Crippen LogP contribution in [0.15, 0.2) is 18.2 Å². The number of esters is 1. The second kappa shape index (κ2) is 6.95. The second-order valence-corrected chi connectivity index (χ2v) is 8.71. The number of rotatable bonds is 5. The zero-order chi connectivity index (χ0) is 18.0. The third kappa shape index (κ3) is 4.45. The minimum Gasteiger partial charge on any atom is -0.457 e. The largest absolute Gasteiger partial charge is 0.457 e. The summed E-state index contributed by atoms with van der Waals surface area (Å²) in [4.78, 5) is 35.3. The number of aryl methyl sites for hydroxylation is 1. The maximum atomic E-state index is 12.2. The number of benzene rings is 1. The lowest BCUT2D eigenvalue weighted by atomic mass is 9.99.